The molecule has 20 heavy (non-hydrogen) atoms. The standard InChI is InChI=1S/C15H25N3O2/c1-4-13-8-12(9-14(16)18-13)15(19)17-6-5-7-20-10-11(2)3/h8-9,11H,4-7,10H2,1-3H3,(H2,16,18)(H,17,19). The molecule has 0 bridgehead atoms. The van der Waals surface area contributed by atoms with Crippen LogP contribution in [-0.4, -0.2) is 30.6 Å². The van der Waals surface area contributed by atoms with E-state index in [0.717, 1.165) is 25.1 Å². The smallest absolute Gasteiger partial charge is 0.251 e. The molecule has 3 N–H and O–H groups in total. The van der Waals surface area contributed by atoms with Crippen molar-refractivity contribution >= 4 is 11.7 Å². The Bertz CT molecular complexity index is 433. The minimum absolute atomic E-state index is 0.113. The molecule has 0 saturated heterocycles. The van der Waals surface area contributed by atoms with Gasteiger partial charge in [-0.2, -0.15) is 0 Å². The van der Waals surface area contributed by atoms with Gasteiger partial charge in [0.25, 0.3) is 5.91 Å². The lowest BCUT2D eigenvalue weighted by Gasteiger charge is -2.09. The highest BCUT2D eigenvalue weighted by molar-refractivity contribution is 5.94. The molecule has 0 radical (unpaired) electrons. The van der Waals surface area contributed by atoms with E-state index in [4.69, 9.17) is 10.5 Å². The number of aromatic nitrogens is 1. The Morgan fingerprint density at radius 3 is 2.85 bits per heavy atom. The molecule has 0 fully saturated rings. The predicted octanol–water partition coefficient (Wildman–Crippen LogP) is 2.02. The van der Waals surface area contributed by atoms with Gasteiger partial charge >= 0.3 is 0 Å². The lowest BCUT2D eigenvalue weighted by atomic mass is 10.2. The van der Waals surface area contributed by atoms with Crippen molar-refractivity contribution in [1.29, 1.82) is 0 Å². The SMILES string of the molecule is CCc1cc(C(=O)NCCCOCC(C)C)cc(N)n1. The van der Waals surface area contributed by atoms with Gasteiger partial charge in [0.15, 0.2) is 0 Å². The van der Waals surface area contributed by atoms with Crippen LogP contribution in [-0.2, 0) is 11.2 Å². The molecule has 0 aliphatic heterocycles. The minimum atomic E-state index is -0.113. The number of ether oxygens (including phenoxy) is 1. The number of nitrogens with two attached hydrogens (primary N) is 1. The van der Waals surface area contributed by atoms with Crippen molar-refractivity contribution in [2.75, 3.05) is 25.5 Å². The first-order chi connectivity index (χ1) is 9.52. The fraction of sp³-hybridized carbons (Fsp3) is 0.600. The normalized spacial score (nSPS) is 10.8. The molecular weight excluding hydrogens is 254 g/mol. The summed E-state index contributed by atoms with van der Waals surface area (Å²) < 4.78 is 5.46. The molecule has 1 heterocycles. The van der Waals surface area contributed by atoms with Gasteiger partial charge in [-0.25, -0.2) is 4.98 Å². The molecule has 0 saturated carbocycles. The Morgan fingerprint density at radius 2 is 2.20 bits per heavy atom. The number of hydrogen-bond acceptors (Lipinski definition) is 4. The molecule has 1 amide bonds. The first kappa shape index (κ1) is 16.4. The molecule has 0 atom stereocenters. The van der Waals surface area contributed by atoms with E-state index < -0.39 is 0 Å². The summed E-state index contributed by atoms with van der Waals surface area (Å²) in [5, 5.41) is 2.86. The number of carbonyl (C=O) groups is 1. The first-order valence-corrected chi connectivity index (χ1v) is 7.15. The maximum absolute atomic E-state index is 12.0. The van der Waals surface area contributed by atoms with Crippen molar-refractivity contribution in [2.45, 2.75) is 33.6 Å². The number of nitrogens with zero attached hydrogens (tertiary/aromatic N) is 1. The number of anilines is 1. The van der Waals surface area contributed by atoms with Crippen LogP contribution in [0.1, 0.15) is 43.2 Å². The van der Waals surface area contributed by atoms with Crippen molar-refractivity contribution in [3.63, 3.8) is 0 Å². The molecule has 1 aromatic rings. The quantitative estimate of drug-likeness (QED) is 0.714. The molecule has 1 aromatic heterocycles. The van der Waals surface area contributed by atoms with E-state index in [0.29, 0.717) is 30.5 Å². The Kier molecular flexibility index (Phi) is 7.01. The van der Waals surface area contributed by atoms with Crippen molar-refractivity contribution in [3.05, 3.63) is 23.4 Å². The first-order valence-electron chi connectivity index (χ1n) is 7.15. The molecule has 0 aliphatic carbocycles. The zero-order chi connectivity index (χ0) is 15.0. The van der Waals surface area contributed by atoms with Crippen LogP contribution < -0.4 is 11.1 Å². The molecule has 0 aromatic carbocycles. The Balaban J connectivity index is 2.34. The summed E-state index contributed by atoms with van der Waals surface area (Å²) in [6.45, 7) is 8.23. The Morgan fingerprint density at radius 1 is 1.45 bits per heavy atom. The largest absolute Gasteiger partial charge is 0.384 e. The number of hydrogen-bond donors (Lipinski definition) is 2. The van der Waals surface area contributed by atoms with Gasteiger partial charge in [-0.3, -0.25) is 4.79 Å². The van der Waals surface area contributed by atoms with Gasteiger partial charge in [-0.1, -0.05) is 20.8 Å². The van der Waals surface area contributed by atoms with Crippen molar-refractivity contribution in [2.24, 2.45) is 5.92 Å². The minimum Gasteiger partial charge on any atom is -0.384 e. The number of carbonyl (C=O) groups excluding carboxylic acids is 1. The van der Waals surface area contributed by atoms with E-state index in [9.17, 15) is 4.79 Å². The Hall–Kier alpha value is -1.62. The van der Waals surface area contributed by atoms with Crippen LogP contribution in [0.4, 0.5) is 5.82 Å². The van der Waals surface area contributed by atoms with Crippen LogP contribution in [0.2, 0.25) is 0 Å². The second kappa shape index (κ2) is 8.53. The van der Waals surface area contributed by atoms with Crippen molar-refractivity contribution in [3.8, 4) is 0 Å². The second-order valence-electron chi connectivity index (χ2n) is 5.20. The van der Waals surface area contributed by atoms with Crippen LogP contribution in [0.5, 0.6) is 0 Å². The average Bonchev–Trinajstić information content (AvgIpc) is 2.41. The number of amides is 1. The molecule has 112 valence electrons. The molecule has 0 aliphatic rings. The van der Waals surface area contributed by atoms with Gasteiger partial charge in [0, 0.05) is 31.0 Å². The van der Waals surface area contributed by atoms with Crippen LogP contribution in [0.3, 0.4) is 0 Å². The zero-order valence-electron chi connectivity index (χ0n) is 12.6. The third-order valence-corrected chi connectivity index (χ3v) is 2.72. The summed E-state index contributed by atoms with van der Waals surface area (Å²) in [6, 6.07) is 3.38. The van der Waals surface area contributed by atoms with Gasteiger partial charge in [0.05, 0.1) is 0 Å². The lowest BCUT2D eigenvalue weighted by Crippen LogP contribution is -2.25. The highest BCUT2D eigenvalue weighted by Gasteiger charge is 2.07. The van der Waals surface area contributed by atoms with Gasteiger partial charge in [-0.05, 0) is 30.9 Å². The summed E-state index contributed by atoms with van der Waals surface area (Å²) in [6.07, 6.45) is 1.56. The molecule has 0 unspecified atom stereocenters. The summed E-state index contributed by atoms with van der Waals surface area (Å²) in [4.78, 5) is 16.1. The number of nitrogens with one attached hydrogen (secondary N) is 1. The summed E-state index contributed by atoms with van der Waals surface area (Å²) in [7, 11) is 0. The lowest BCUT2D eigenvalue weighted by molar-refractivity contribution is 0.0925. The van der Waals surface area contributed by atoms with Crippen molar-refractivity contribution < 1.29 is 9.53 Å². The van der Waals surface area contributed by atoms with E-state index in [1.54, 1.807) is 12.1 Å². The van der Waals surface area contributed by atoms with E-state index in [1.165, 1.54) is 0 Å². The van der Waals surface area contributed by atoms with E-state index in [1.807, 2.05) is 6.92 Å². The monoisotopic (exact) mass is 279 g/mol. The predicted molar refractivity (Wildman–Crippen MR) is 80.6 cm³/mol. The highest BCUT2D eigenvalue weighted by atomic mass is 16.5. The number of rotatable bonds is 8. The van der Waals surface area contributed by atoms with Crippen LogP contribution >= 0.6 is 0 Å². The van der Waals surface area contributed by atoms with Crippen LogP contribution in [0.25, 0.3) is 0 Å². The number of nitrogen functional groups attached to an aromatic ring is 1. The van der Waals surface area contributed by atoms with E-state index in [2.05, 4.69) is 24.1 Å². The van der Waals surface area contributed by atoms with Crippen LogP contribution in [0, 0.1) is 5.92 Å². The fourth-order valence-corrected chi connectivity index (χ4v) is 1.72. The third-order valence-electron chi connectivity index (χ3n) is 2.72. The topological polar surface area (TPSA) is 77.2 Å². The van der Waals surface area contributed by atoms with Gasteiger partial charge < -0.3 is 15.8 Å². The van der Waals surface area contributed by atoms with Gasteiger partial charge in [0.2, 0.25) is 0 Å². The Labute approximate surface area is 120 Å². The van der Waals surface area contributed by atoms with E-state index >= 15 is 0 Å². The van der Waals surface area contributed by atoms with Gasteiger partial charge in [-0.15, -0.1) is 0 Å². The molecular formula is C15H25N3O2. The second-order valence-corrected chi connectivity index (χ2v) is 5.20. The average molecular weight is 279 g/mol. The van der Waals surface area contributed by atoms with Crippen LogP contribution in [0.15, 0.2) is 12.1 Å². The molecule has 5 nitrogen and oxygen atoms in total. The molecule has 5 heteroatoms. The molecule has 1 rings (SSSR count). The van der Waals surface area contributed by atoms with Gasteiger partial charge in [0.1, 0.15) is 5.82 Å². The molecule has 0 spiro atoms. The summed E-state index contributed by atoms with van der Waals surface area (Å²) >= 11 is 0. The fourth-order valence-electron chi connectivity index (χ4n) is 1.72. The highest BCUT2D eigenvalue weighted by Crippen LogP contribution is 2.08. The van der Waals surface area contributed by atoms with E-state index in [-0.39, 0.29) is 5.91 Å². The summed E-state index contributed by atoms with van der Waals surface area (Å²) in [5.41, 5.74) is 7.08. The maximum Gasteiger partial charge on any atom is 0.251 e. The zero-order valence-corrected chi connectivity index (χ0v) is 12.6. The summed E-state index contributed by atoms with van der Waals surface area (Å²) in [5.74, 6) is 0.810. The third kappa shape index (κ3) is 6.02. The maximum atomic E-state index is 12.0. The number of aryl methyl sites for hydroxylation is 1. The number of pyridine rings is 1. The van der Waals surface area contributed by atoms with Crippen molar-refractivity contribution in [1.82, 2.24) is 10.3 Å².